The highest BCUT2D eigenvalue weighted by Crippen LogP contribution is 2.26. The lowest BCUT2D eigenvalue weighted by atomic mass is 10.2. The SMILES string of the molecule is Cn1nccc1NS(=O)(=O)c1ccc2c(c1)NCC2. The van der Waals surface area contributed by atoms with Crippen molar-refractivity contribution in [1.82, 2.24) is 9.78 Å². The zero-order chi connectivity index (χ0) is 13.5. The lowest BCUT2D eigenvalue weighted by molar-refractivity contribution is 0.600. The van der Waals surface area contributed by atoms with Crippen molar-refractivity contribution in [2.24, 2.45) is 7.05 Å². The van der Waals surface area contributed by atoms with E-state index in [9.17, 15) is 8.42 Å². The van der Waals surface area contributed by atoms with Crippen LogP contribution in [0.3, 0.4) is 0 Å². The first-order chi connectivity index (χ1) is 9.06. The Bertz CT molecular complexity index is 721. The Morgan fingerprint density at radius 3 is 2.95 bits per heavy atom. The first-order valence-electron chi connectivity index (χ1n) is 5.94. The number of hydrogen-bond donors (Lipinski definition) is 2. The van der Waals surface area contributed by atoms with Gasteiger partial charge < -0.3 is 5.32 Å². The van der Waals surface area contributed by atoms with Gasteiger partial charge in [0.05, 0.1) is 11.1 Å². The van der Waals surface area contributed by atoms with Crippen LogP contribution in [0.15, 0.2) is 35.4 Å². The Hall–Kier alpha value is -2.02. The first-order valence-corrected chi connectivity index (χ1v) is 7.42. The Labute approximate surface area is 111 Å². The molecule has 0 aliphatic carbocycles. The van der Waals surface area contributed by atoms with E-state index in [4.69, 9.17) is 0 Å². The number of nitrogens with zero attached hydrogens (tertiary/aromatic N) is 2. The predicted octanol–water partition coefficient (Wildman–Crippen LogP) is 1.19. The lowest BCUT2D eigenvalue weighted by Gasteiger charge is -2.09. The Kier molecular flexibility index (Phi) is 2.70. The number of aromatic nitrogens is 2. The fraction of sp³-hybridized carbons (Fsp3) is 0.250. The number of rotatable bonds is 3. The second kappa shape index (κ2) is 4.27. The molecule has 0 bridgehead atoms. The Balaban J connectivity index is 1.94. The van der Waals surface area contributed by atoms with Crippen molar-refractivity contribution in [3.8, 4) is 0 Å². The number of aryl methyl sites for hydroxylation is 1. The third kappa shape index (κ3) is 2.17. The molecule has 2 heterocycles. The van der Waals surface area contributed by atoms with Gasteiger partial charge in [-0.2, -0.15) is 5.10 Å². The summed E-state index contributed by atoms with van der Waals surface area (Å²) in [4.78, 5) is 0.252. The topological polar surface area (TPSA) is 76.0 Å². The molecule has 0 saturated carbocycles. The number of fused-ring (bicyclic) bond motifs is 1. The van der Waals surface area contributed by atoms with Crippen molar-refractivity contribution in [3.05, 3.63) is 36.0 Å². The highest BCUT2D eigenvalue weighted by atomic mass is 32.2. The zero-order valence-electron chi connectivity index (χ0n) is 10.4. The Morgan fingerprint density at radius 2 is 2.21 bits per heavy atom. The van der Waals surface area contributed by atoms with E-state index in [0.717, 1.165) is 24.2 Å². The molecule has 1 aromatic heterocycles. The van der Waals surface area contributed by atoms with Gasteiger partial charge in [-0.05, 0) is 24.1 Å². The molecule has 19 heavy (non-hydrogen) atoms. The summed E-state index contributed by atoms with van der Waals surface area (Å²) in [6, 6.07) is 6.77. The second-order valence-corrected chi connectivity index (χ2v) is 6.12. The van der Waals surface area contributed by atoms with Gasteiger partial charge in [-0.3, -0.25) is 9.40 Å². The fourth-order valence-electron chi connectivity index (χ4n) is 2.11. The number of anilines is 2. The smallest absolute Gasteiger partial charge is 0.263 e. The molecule has 3 rings (SSSR count). The molecule has 0 atom stereocenters. The molecule has 1 aliphatic heterocycles. The first kappa shape index (κ1) is 12.0. The van der Waals surface area contributed by atoms with Crippen molar-refractivity contribution in [2.45, 2.75) is 11.3 Å². The molecule has 6 nitrogen and oxygen atoms in total. The maximum Gasteiger partial charge on any atom is 0.263 e. The van der Waals surface area contributed by atoms with E-state index in [2.05, 4.69) is 15.1 Å². The van der Waals surface area contributed by atoms with Gasteiger partial charge in [0.2, 0.25) is 0 Å². The van der Waals surface area contributed by atoms with Crippen molar-refractivity contribution < 1.29 is 8.42 Å². The van der Waals surface area contributed by atoms with Gasteiger partial charge in [0, 0.05) is 25.3 Å². The molecule has 0 spiro atoms. The number of hydrogen-bond acceptors (Lipinski definition) is 4. The van der Waals surface area contributed by atoms with E-state index >= 15 is 0 Å². The molecule has 7 heteroatoms. The second-order valence-electron chi connectivity index (χ2n) is 4.44. The van der Waals surface area contributed by atoms with Crippen LogP contribution in [0.25, 0.3) is 0 Å². The average Bonchev–Trinajstić information content (AvgIpc) is 2.97. The fourth-order valence-corrected chi connectivity index (χ4v) is 3.22. The van der Waals surface area contributed by atoms with Crippen molar-refractivity contribution in [1.29, 1.82) is 0 Å². The third-order valence-corrected chi connectivity index (χ3v) is 4.51. The van der Waals surface area contributed by atoms with Crippen LogP contribution >= 0.6 is 0 Å². The molecule has 0 amide bonds. The van der Waals surface area contributed by atoms with Gasteiger partial charge >= 0.3 is 0 Å². The average molecular weight is 278 g/mol. The standard InChI is InChI=1S/C12H14N4O2S/c1-16-12(5-7-14-16)15-19(17,18)10-3-2-9-4-6-13-11(9)8-10/h2-3,5,7-8,13,15H,4,6H2,1H3. The van der Waals surface area contributed by atoms with Gasteiger partial charge in [0.1, 0.15) is 5.82 Å². The molecular weight excluding hydrogens is 264 g/mol. The van der Waals surface area contributed by atoms with E-state index < -0.39 is 10.0 Å². The summed E-state index contributed by atoms with van der Waals surface area (Å²) in [5, 5.41) is 7.10. The van der Waals surface area contributed by atoms with Gasteiger partial charge in [0.15, 0.2) is 0 Å². The molecule has 0 radical (unpaired) electrons. The van der Waals surface area contributed by atoms with Crippen LogP contribution in [0.2, 0.25) is 0 Å². The van der Waals surface area contributed by atoms with Crippen LogP contribution in [0.5, 0.6) is 0 Å². The van der Waals surface area contributed by atoms with Gasteiger partial charge in [-0.1, -0.05) is 6.07 Å². The summed E-state index contributed by atoms with van der Waals surface area (Å²) in [5.74, 6) is 0.438. The molecular formula is C12H14N4O2S. The van der Waals surface area contributed by atoms with Crippen LogP contribution in [-0.2, 0) is 23.5 Å². The quantitative estimate of drug-likeness (QED) is 0.884. The summed E-state index contributed by atoms with van der Waals surface area (Å²) in [6.45, 7) is 0.855. The van der Waals surface area contributed by atoms with Crippen LogP contribution in [0.4, 0.5) is 11.5 Å². The van der Waals surface area contributed by atoms with Gasteiger partial charge in [0.25, 0.3) is 10.0 Å². The number of nitrogens with one attached hydrogen (secondary N) is 2. The summed E-state index contributed by atoms with van der Waals surface area (Å²) < 4.78 is 28.5. The van der Waals surface area contributed by atoms with Gasteiger partial charge in [-0.15, -0.1) is 0 Å². The van der Waals surface area contributed by atoms with E-state index in [1.807, 2.05) is 6.07 Å². The minimum atomic E-state index is -3.58. The highest BCUT2D eigenvalue weighted by Gasteiger charge is 2.19. The molecule has 0 saturated heterocycles. The summed E-state index contributed by atoms with van der Waals surface area (Å²) in [5.41, 5.74) is 2.05. The maximum absolute atomic E-state index is 12.3. The Morgan fingerprint density at radius 1 is 1.37 bits per heavy atom. The lowest BCUT2D eigenvalue weighted by Crippen LogP contribution is -2.15. The van der Waals surface area contributed by atoms with E-state index in [0.29, 0.717) is 5.82 Å². The maximum atomic E-state index is 12.3. The molecule has 100 valence electrons. The van der Waals surface area contributed by atoms with Crippen molar-refractivity contribution >= 4 is 21.5 Å². The summed E-state index contributed by atoms with van der Waals surface area (Å²) in [6.07, 6.45) is 2.48. The molecule has 2 aromatic rings. The zero-order valence-corrected chi connectivity index (χ0v) is 11.2. The van der Waals surface area contributed by atoms with Crippen LogP contribution in [0, 0.1) is 0 Å². The minimum Gasteiger partial charge on any atom is -0.384 e. The number of sulfonamides is 1. The molecule has 0 fully saturated rings. The van der Waals surface area contributed by atoms with E-state index in [-0.39, 0.29) is 4.90 Å². The predicted molar refractivity (Wildman–Crippen MR) is 72.7 cm³/mol. The summed E-state index contributed by atoms with van der Waals surface area (Å²) in [7, 11) is -1.90. The minimum absolute atomic E-state index is 0.252. The molecule has 1 aliphatic rings. The van der Waals surface area contributed by atoms with Crippen LogP contribution in [-0.4, -0.2) is 24.7 Å². The number of benzene rings is 1. The third-order valence-electron chi connectivity index (χ3n) is 3.16. The highest BCUT2D eigenvalue weighted by molar-refractivity contribution is 7.92. The summed E-state index contributed by atoms with van der Waals surface area (Å²) >= 11 is 0. The van der Waals surface area contributed by atoms with Crippen molar-refractivity contribution in [3.63, 3.8) is 0 Å². The van der Waals surface area contributed by atoms with Crippen molar-refractivity contribution in [2.75, 3.05) is 16.6 Å². The molecule has 1 aromatic carbocycles. The van der Waals surface area contributed by atoms with Crippen LogP contribution < -0.4 is 10.0 Å². The normalized spacial score (nSPS) is 13.9. The largest absolute Gasteiger partial charge is 0.384 e. The van der Waals surface area contributed by atoms with E-state index in [1.54, 1.807) is 31.4 Å². The van der Waals surface area contributed by atoms with E-state index in [1.165, 1.54) is 4.68 Å². The molecule has 2 N–H and O–H groups in total. The van der Waals surface area contributed by atoms with Crippen LogP contribution in [0.1, 0.15) is 5.56 Å². The molecule has 0 unspecified atom stereocenters. The monoisotopic (exact) mass is 278 g/mol. The van der Waals surface area contributed by atoms with Gasteiger partial charge in [-0.25, -0.2) is 8.42 Å².